The van der Waals surface area contributed by atoms with E-state index in [1.165, 1.54) is 80.9 Å². The molecule has 63 heavy (non-hydrogen) atoms. The van der Waals surface area contributed by atoms with Crippen LogP contribution in [0.15, 0.2) is 243 Å². The molecule has 0 aliphatic carbocycles. The van der Waals surface area contributed by atoms with Crippen LogP contribution in [0.3, 0.4) is 0 Å². The van der Waals surface area contributed by atoms with Gasteiger partial charge in [-0.3, -0.25) is 0 Å². The fourth-order valence-electron chi connectivity index (χ4n) is 9.65. The summed E-state index contributed by atoms with van der Waals surface area (Å²) in [6, 6.07) is 88.6. The number of benzene rings is 10. The van der Waals surface area contributed by atoms with Crippen LogP contribution in [0.5, 0.6) is 0 Å². The first kappa shape index (κ1) is 36.8. The SMILES string of the molecule is c1ccc(-c2ccccc2-c2c(-c3ccccc3)cccc2N(c2cccc(-c3cccc4c3c3ccccc3n4-c3ccccc3)c2)c2ccc3sc4ccccc4c3c2)cc1. The summed E-state index contributed by atoms with van der Waals surface area (Å²) in [5.41, 5.74) is 16.3. The van der Waals surface area contributed by atoms with E-state index in [4.69, 9.17) is 0 Å². The second kappa shape index (κ2) is 15.5. The van der Waals surface area contributed by atoms with Crippen molar-refractivity contribution in [3.8, 4) is 50.2 Å². The van der Waals surface area contributed by atoms with Gasteiger partial charge in [0.05, 0.1) is 16.7 Å². The van der Waals surface area contributed by atoms with Crippen LogP contribution in [0, 0.1) is 0 Å². The highest BCUT2D eigenvalue weighted by Gasteiger charge is 2.24. The van der Waals surface area contributed by atoms with Crippen molar-refractivity contribution in [2.45, 2.75) is 0 Å². The van der Waals surface area contributed by atoms with Crippen LogP contribution < -0.4 is 4.90 Å². The molecule has 10 aromatic carbocycles. The zero-order chi connectivity index (χ0) is 41.7. The molecule has 0 spiro atoms. The Morgan fingerprint density at radius 2 is 0.889 bits per heavy atom. The third-order valence-electron chi connectivity index (χ3n) is 12.4. The Hall–Kier alpha value is -7.98. The predicted molar refractivity (Wildman–Crippen MR) is 270 cm³/mol. The Kier molecular flexibility index (Phi) is 9.06. The summed E-state index contributed by atoms with van der Waals surface area (Å²) in [6.07, 6.45) is 0. The average Bonchev–Trinajstić information content (AvgIpc) is 3.91. The van der Waals surface area contributed by atoms with Gasteiger partial charge in [0.1, 0.15) is 0 Å². The Bertz CT molecular complexity index is 3620. The monoisotopic (exact) mass is 820 g/mol. The lowest BCUT2D eigenvalue weighted by molar-refractivity contribution is 1.18. The van der Waals surface area contributed by atoms with Gasteiger partial charge in [0.2, 0.25) is 0 Å². The number of hydrogen-bond donors (Lipinski definition) is 0. The summed E-state index contributed by atoms with van der Waals surface area (Å²) in [5.74, 6) is 0. The summed E-state index contributed by atoms with van der Waals surface area (Å²) in [7, 11) is 0. The summed E-state index contributed by atoms with van der Waals surface area (Å²) >= 11 is 1.85. The molecule has 2 aromatic heterocycles. The predicted octanol–water partition coefficient (Wildman–Crippen LogP) is 17.3. The van der Waals surface area contributed by atoms with E-state index in [0.29, 0.717) is 0 Å². The molecular weight excluding hydrogens is 781 g/mol. The molecule has 0 radical (unpaired) electrons. The Balaban J connectivity index is 1.14. The van der Waals surface area contributed by atoms with E-state index < -0.39 is 0 Å². The van der Waals surface area contributed by atoms with Crippen LogP contribution in [-0.4, -0.2) is 4.57 Å². The van der Waals surface area contributed by atoms with Gasteiger partial charge in [0.25, 0.3) is 0 Å². The first-order valence-corrected chi connectivity index (χ1v) is 22.3. The molecule has 0 saturated heterocycles. The molecule has 0 aliphatic rings. The molecule has 0 saturated carbocycles. The molecule has 12 rings (SSSR count). The minimum absolute atomic E-state index is 1.08. The van der Waals surface area contributed by atoms with Gasteiger partial charge in [-0.15, -0.1) is 11.3 Å². The van der Waals surface area contributed by atoms with Gasteiger partial charge >= 0.3 is 0 Å². The maximum atomic E-state index is 2.49. The number of nitrogens with zero attached hydrogens (tertiary/aromatic N) is 2. The van der Waals surface area contributed by atoms with E-state index in [1.54, 1.807) is 0 Å². The van der Waals surface area contributed by atoms with E-state index in [-0.39, 0.29) is 0 Å². The zero-order valence-corrected chi connectivity index (χ0v) is 35.2. The van der Waals surface area contributed by atoms with E-state index in [2.05, 4.69) is 252 Å². The third-order valence-corrected chi connectivity index (χ3v) is 13.5. The lowest BCUT2D eigenvalue weighted by Gasteiger charge is -2.30. The van der Waals surface area contributed by atoms with Gasteiger partial charge in [0, 0.05) is 53.6 Å². The Morgan fingerprint density at radius 1 is 0.333 bits per heavy atom. The molecule has 0 fully saturated rings. The highest BCUT2D eigenvalue weighted by atomic mass is 32.1. The Morgan fingerprint density at radius 3 is 1.70 bits per heavy atom. The van der Waals surface area contributed by atoms with Crippen LogP contribution >= 0.6 is 11.3 Å². The zero-order valence-electron chi connectivity index (χ0n) is 34.4. The van der Waals surface area contributed by atoms with Crippen molar-refractivity contribution in [1.82, 2.24) is 4.57 Å². The van der Waals surface area contributed by atoms with Crippen molar-refractivity contribution in [2.24, 2.45) is 0 Å². The molecule has 0 aliphatic heterocycles. The summed E-state index contributed by atoms with van der Waals surface area (Å²) in [5, 5.41) is 5.02. The van der Waals surface area contributed by atoms with Crippen LogP contribution in [0.2, 0.25) is 0 Å². The number of aromatic nitrogens is 1. The number of rotatable bonds is 8. The van der Waals surface area contributed by atoms with Gasteiger partial charge < -0.3 is 9.47 Å². The van der Waals surface area contributed by atoms with Gasteiger partial charge in [-0.1, -0.05) is 176 Å². The minimum atomic E-state index is 1.08. The molecule has 2 nitrogen and oxygen atoms in total. The number of fused-ring (bicyclic) bond motifs is 6. The van der Waals surface area contributed by atoms with E-state index >= 15 is 0 Å². The number of anilines is 3. The minimum Gasteiger partial charge on any atom is -0.310 e. The van der Waals surface area contributed by atoms with Crippen molar-refractivity contribution < 1.29 is 0 Å². The first-order chi connectivity index (χ1) is 31.3. The first-order valence-electron chi connectivity index (χ1n) is 21.5. The molecular formula is C60H40N2S. The van der Waals surface area contributed by atoms with Crippen molar-refractivity contribution in [3.63, 3.8) is 0 Å². The van der Waals surface area contributed by atoms with Crippen LogP contribution in [-0.2, 0) is 0 Å². The van der Waals surface area contributed by atoms with Crippen molar-refractivity contribution >= 4 is 70.4 Å². The quantitative estimate of drug-likeness (QED) is 0.148. The Labute approximate surface area is 370 Å². The number of hydrogen-bond acceptors (Lipinski definition) is 2. The van der Waals surface area contributed by atoms with Crippen LogP contribution in [0.1, 0.15) is 0 Å². The normalized spacial score (nSPS) is 11.5. The van der Waals surface area contributed by atoms with Gasteiger partial charge in [-0.25, -0.2) is 0 Å². The lowest BCUT2D eigenvalue weighted by atomic mass is 9.87. The van der Waals surface area contributed by atoms with Crippen molar-refractivity contribution in [1.29, 1.82) is 0 Å². The van der Waals surface area contributed by atoms with Gasteiger partial charge in [-0.2, -0.15) is 0 Å². The van der Waals surface area contributed by atoms with E-state index in [9.17, 15) is 0 Å². The number of para-hydroxylation sites is 2. The van der Waals surface area contributed by atoms with Gasteiger partial charge in [-0.05, 0) is 106 Å². The lowest BCUT2D eigenvalue weighted by Crippen LogP contribution is -2.12. The molecule has 0 bridgehead atoms. The third kappa shape index (κ3) is 6.33. The molecule has 12 aromatic rings. The fraction of sp³-hybridized carbons (Fsp3) is 0. The average molecular weight is 821 g/mol. The molecule has 296 valence electrons. The van der Waals surface area contributed by atoms with Crippen molar-refractivity contribution in [3.05, 3.63) is 243 Å². The van der Waals surface area contributed by atoms with E-state index in [0.717, 1.165) is 28.3 Å². The van der Waals surface area contributed by atoms with Crippen LogP contribution in [0.4, 0.5) is 17.1 Å². The summed E-state index contributed by atoms with van der Waals surface area (Å²) < 4.78 is 4.98. The molecule has 3 heteroatoms. The van der Waals surface area contributed by atoms with Crippen LogP contribution in [0.25, 0.3) is 92.2 Å². The summed E-state index contributed by atoms with van der Waals surface area (Å²) in [6.45, 7) is 0. The van der Waals surface area contributed by atoms with Gasteiger partial charge in [0.15, 0.2) is 0 Å². The second-order valence-electron chi connectivity index (χ2n) is 16.0. The van der Waals surface area contributed by atoms with E-state index in [1.807, 2.05) is 11.3 Å². The fourth-order valence-corrected chi connectivity index (χ4v) is 10.7. The maximum Gasteiger partial charge on any atom is 0.0547 e. The largest absolute Gasteiger partial charge is 0.310 e. The smallest absolute Gasteiger partial charge is 0.0547 e. The van der Waals surface area contributed by atoms with Crippen molar-refractivity contribution in [2.75, 3.05) is 4.90 Å². The second-order valence-corrected chi connectivity index (χ2v) is 17.1. The molecule has 0 atom stereocenters. The topological polar surface area (TPSA) is 8.17 Å². The maximum absolute atomic E-state index is 2.49. The standard InChI is InChI=1S/C60H40N2S/c1-4-19-41(20-5-1)47-27-10-11-29-51(47)59-48(42-21-6-2-7-22-42)31-17-34-55(59)61(46-37-38-58-53(40-46)50-28-13-15-36-57(50)63-58)45-26-16-23-43(39-45)49-32-18-35-56-60(49)52-30-12-14-33-54(52)62(56)44-24-8-3-9-25-44/h1-40H. The molecule has 2 heterocycles. The molecule has 0 amide bonds. The highest BCUT2D eigenvalue weighted by Crippen LogP contribution is 2.50. The summed E-state index contributed by atoms with van der Waals surface area (Å²) in [4.78, 5) is 2.49. The highest BCUT2D eigenvalue weighted by molar-refractivity contribution is 7.25. The molecule has 0 unspecified atom stereocenters. The molecule has 0 N–H and O–H groups in total. The number of thiophene rings is 1.